The molecule has 0 aliphatic heterocycles. The molecule has 0 aliphatic rings. The molecule has 0 bridgehead atoms. The molecule has 0 spiro atoms. The Morgan fingerprint density at radius 2 is 1.75 bits per heavy atom. The van der Waals surface area contributed by atoms with Crippen LogP contribution in [0.15, 0.2) is 23.3 Å². The molecule has 1 aromatic carbocycles. The second-order valence-corrected chi connectivity index (χ2v) is 5.69. The number of hydrogen-bond acceptors (Lipinski definition) is 6. The third-order valence-electron chi connectivity index (χ3n) is 3.65. The van der Waals surface area contributed by atoms with Crippen LogP contribution < -0.4 is 5.43 Å². The summed E-state index contributed by atoms with van der Waals surface area (Å²) >= 11 is 0. The summed E-state index contributed by atoms with van der Waals surface area (Å²) < 4.78 is 0. The first kappa shape index (κ1) is 19.5. The Morgan fingerprint density at radius 3 is 2.38 bits per heavy atom. The van der Waals surface area contributed by atoms with Gasteiger partial charge in [0.1, 0.15) is 5.69 Å². The summed E-state index contributed by atoms with van der Waals surface area (Å²) in [6, 6.07) is 3.45. The molecular weight excluding hydrogens is 312 g/mol. The van der Waals surface area contributed by atoms with Crippen LogP contribution in [0.3, 0.4) is 0 Å². The van der Waals surface area contributed by atoms with Crippen molar-refractivity contribution in [1.82, 2.24) is 0 Å². The molecule has 0 amide bonds. The SMILES string of the molecule is CCCCCCCC/C(C)=N/Nc1ccc([N+](=O)[O-])cc1[N+](=O)[O-]. The van der Waals surface area contributed by atoms with Gasteiger partial charge in [-0.1, -0.05) is 39.0 Å². The maximum Gasteiger partial charge on any atom is 0.301 e. The molecule has 1 N–H and O–H groups in total. The minimum atomic E-state index is -0.663. The highest BCUT2D eigenvalue weighted by molar-refractivity contribution is 5.83. The van der Waals surface area contributed by atoms with E-state index in [4.69, 9.17) is 0 Å². The van der Waals surface area contributed by atoms with Gasteiger partial charge < -0.3 is 0 Å². The van der Waals surface area contributed by atoms with Crippen LogP contribution in [-0.2, 0) is 0 Å². The first-order valence-corrected chi connectivity index (χ1v) is 8.17. The quantitative estimate of drug-likeness (QED) is 0.263. The number of hydrazone groups is 1. The molecule has 1 aromatic rings. The third kappa shape index (κ3) is 6.72. The van der Waals surface area contributed by atoms with Gasteiger partial charge in [0.2, 0.25) is 0 Å². The second kappa shape index (κ2) is 10.3. The van der Waals surface area contributed by atoms with E-state index in [1.807, 2.05) is 6.92 Å². The minimum absolute atomic E-state index is 0.146. The van der Waals surface area contributed by atoms with Gasteiger partial charge in [-0.3, -0.25) is 25.7 Å². The zero-order chi connectivity index (χ0) is 17.9. The van der Waals surface area contributed by atoms with Crippen LogP contribution in [0, 0.1) is 20.2 Å². The lowest BCUT2D eigenvalue weighted by Gasteiger charge is -2.05. The van der Waals surface area contributed by atoms with Crippen molar-refractivity contribution in [1.29, 1.82) is 0 Å². The first-order chi connectivity index (χ1) is 11.5. The molecule has 132 valence electrons. The number of non-ortho nitro benzene ring substituents is 1. The highest BCUT2D eigenvalue weighted by Crippen LogP contribution is 2.28. The van der Waals surface area contributed by atoms with Gasteiger partial charge in [0, 0.05) is 11.8 Å². The number of unbranched alkanes of at least 4 members (excludes halogenated alkanes) is 5. The van der Waals surface area contributed by atoms with E-state index in [1.165, 1.54) is 37.8 Å². The van der Waals surface area contributed by atoms with Crippen molar-refractivity contribution in [2.24, 2.45) is 5.10 Å². The average molecular weight is 336 g/mol. The van der Waals surface area contributed by atoms with Crippen molar-refractivity contribution in [3.05, 3.63) is 38.4 Å². The van der Waals surface area contributed by atoms with E-state index >= 15 is 0 Å². The molecule has 0 fully saturated rings. The maximum absolute atomic E-state index is 11.0. The van der Waals surface area contributed by atoms with E-state index in [2.05, 4.69) is 17.5 Å². The third-order valence-corrected chi connectivity index (χ3v) is 3.65. The number of hydrogen-bond donors (Lipinski definition) is 1. The Balaban J connectivity index is 2.58. The van der Waals surface area contributed by atoms with E-state index in [-0.39, 0.29) is 17.1 Å². The van der Waals surface area contributed by atoms with Crippen LogP contribution in [0.1, 0.15) is 58.8 Å². The molecule has 0 atom stereocenters. The van der Waals surface area contributed by atoms with E-state index < -0.39 is 9.85 Å². The Morgan fingerprint density at radius 1 is 1.08 bits per heavy atom. The summed E-state index contributed by atoms with van der Waals surface area (Å²) in [4.78, 5) is 20.4. The van der Waals surface area contributed by atoms with Crippen molar-refractivity contribution in [3.8, 4) is 0 Å². The van der Waals surface area contributed by atoms with E-state index in [9.17, 15) is 20.2 Å². The zero-order valence-corrected chi connectivity index (χ0v) is 14.2. The van der Waals surface area contributed by atoms with Gasteiger partial charge in [-0.25, -0.2) is 0 Å². The number of benzene rings is 1. The van der Waals surface area contributed by atoms with E-state index in [1.54, 1.807) is 0 Å². The van der Waals surface area contributed by atoms with Crippen molar-refractivity contribution < 1.29 is 9.85 Å². The van der Waals surface area contributed by atoms with Gasteiger partial charge in [-0.05, 0) is 25.8 Å². The van der Waals surface area contributed by atoms with Crippen LogP contribution >= 0.6 is 0 Å². The largest absolute Gasteiger partial charge is 0.301 e. The molecule has 8 heteroatoms. The standard InChI is InChI=1S/C16H24N4O4/c1-3-4-5-6-7-8-9-13(2)17-18-15-11-10-14(19(21)22)12-16(15)20(23)24/h10-12,18H,3-9H2,1-2H3/b17-13+. The van der Waals surface area contributed by atoms with Gasteiger partial charge in [0.25, 0.3) is 5.69 Å². The smallest absolute Gasteiger partial charge is 0.272 e. The Labute approximate surface area is 141 Å². The fourth-order valence-electron chi connectivity index (χ4n) is 2.25. The molecule has 1 rings (SSSR count). The Kier molecular flexibility index (Phi) is 8.38. The molecule has 0 saturated heterocycles. The first-order valence-electron chi connectivity index (χ1n) is 8.17. The summed E-state index contributed by atoms with van der Waals surface area (Å²) in [5.74, 6) is 0. The predicted molar refractivity (Wildman–Crippen MR) is 94.5 cm³/mol. The number of nitrogens with one attached hydrogen (secondary N) is 1. The van der Waals surface area contributed by atoms with Crippen LogP contribution in [0.4, 0.5) is 17.1 Å². The summed E-state index contributed by atoms with van der Waals surface area (Å²) in [7, 11) is 0. The van der Waals surface area contributed by atoms with Crippen molar-refractivity contribution >= 4 is 22.8 Å². The Hall–Kier alpha value is -2.51. The van der Waals surface area contributed by atoms with Crippen LogP contribution in [0.2, 0.25) is 0 Å². The van der Waals surface area contributed by atoms with Crippen LogP contribution in [0.5, 0.6) is 0 Å². The summed E-state index contributed by atoms with van der Waals surface area (Å²) in [6.07, 6.45) is 7.94. The summed E-state index contributed by atoms with van der Waals surface area (Å²) in [6.45, 7) is 4.04. The Bertz CT molecular complexity index is 602. The summed E-state index contributed by atoms with van der Waals surface area (Å²) in [5.41, 5.74) is 2.96. The summed E-state index contributed by atoms with van der Waals surface area (Å²) in [5, 5.41) is 25.9. The van der Waals surface area contributed by atoms with Crippen LogP contribution in [-0.4, -0.2) is 15.6 Å². The molecule has 0 unspecified atom stereocenters. The van der Waals surface area contributed by atoms with Gasteiger partial charge in [0.15, 0.2) is 0 Å². The lowest BCUT2D eigenvalue weighted by molar-refractivity contribution is -0.393. The molecule has 0 saturated carbocycles. The van der Waals surface area contributed by atoms with Gasteiger partial charge in [-0.2, -0.15) is 5.10 Å². The highest BCUT2D eigenvalue weighted by atomic mass is 16.6. The number of nitrogens with zero attached hydrogens (tertiary/aromatic N) is 3. The monoisotopic (exact) mass is 336 g/mol. The molecule has 0 aliphatic carbocycles. The van der Waals surface area contributed by atoms with Crippen molar-refractivity contribution in [2.75, 3.05) is 5.43 Å². The number of rotatable bonds is 11. The lowest BCUT2D eigenvalue weighted by atomic mass is 10.1. The molecule has 24 heavy (non-hydrogen) atoms. The number of anilines is 1. The molecular formula is C16H24N4O4. The normalized spacial score (nSPS) is 11.3. The van der Waals surface area contributed by atoms with Crippen molar-refractivity contribution in [3.63, 3.8) is 0 Å². The van der Waals surface area contributed by atoms with Crippen LogP contribution in [0.25, 0.3) is 0 Å². The second-order valence-electron chi connectivity index (χ2n) is 5.69. The highest BCUT2D eigenvalue weighted by Gasteiger charge is 2.19. The maximum atomic E-state index is 11.0. The lowest BCUT2D eigenvalue weighted by Crippen LogP contribution is -2.01. The van der Waals surface area contributed by atoms with Crippen molar-refractivity contribution in [2.45, 2.75) is 58.8 Å². The average Bonchev–Trinajstić information content (AvgIpc) is 2.55. The minimum Gasteiger partial charge on any atom is -0.272 e. The van der Waals surface area contributed by atoms with Gasteiger partial charge >= 0.3 is 5.69 Å². The van der Waals surface area contributed by atoms with Gasteiger partial charge in [0.05, 0.1) is 15.9 Å². The molecule has 0 heterocycles. The molecule has 0 aromatic heterocycles. The fourth-order valence-corrected chi connectivity index (χ4v) is 2.25. The van der Waals surface area contributed by atoms with Gasteiger partial charge in [-0.15, -0.1) is 0 Å². The number of nitro benzene ring substituents is 2. The zero-order valence-electron chi connectivity index (χ0n) is 14.2. The fraction of sp³-hybridized carbons (Fsp3) is 0.562. The number of nitro groups is 2. The van der Waals surface area contributed by atoms with E-state index in [0.717, 1.165) is 31.0 Å². The topological polar surface area (TPSA) is 111 Å². The predicted octanol–water partition coefficient (Wildman–Crippen LogP) is 5.04. The molecule has 8 nitrogen and oxygen atoms in total. The molecule has 0 radical (unpaired) electrons. The van der Waals surface area contributed by atoms with E-state index in [0.29, 0.717) is 0 Å².